The molecule has 0 fully saturated rings. The van der Waals surface area contributed by atoms with Crippen LogP contribution in [0, 0.1) is 0 Å². The minimum absolute atomic E-state index is 0.0414. The molecule has 126 valence electrons. The van der Waals surface area contributed by atoms with Crippen molar-refractivity contribution in [1.82, 2.24) is 25.4 Å². The molecule has 3 aromatic rings. The van der Waals surface area contributed by atoms with Crippen molar-refractivity contribution in [3.05, 3.63) is 36.0 Å². The summed E-state index contributed by atoms with van der Waals surface area (Å²) in [4.78, 5) is 4.45. The van der Waals surface area contributed by atoms with Crippen molar-refractivity contribution in [3.8, 4) is 17.2 Å². The van der Waals surface area contributed by atoms with Gasteiger partial charge in [-0.15, -0.1) is 15.3 Å². The molecule has 0 saturated heterocycles. The third-order valence-electron chi connectivity index (χ3n) is 3.44. The van der Waals surface area contributed by atoms with Gasteiger partial charge in [0.15, 0.2) is 0 Å². The molecule has 0 aliphatic heterocycles. The number of thioether (sulfide) groups is 1. The largest absolute Gasteiger partial charge is 0.497 e. The zero-order valence-corrected chi connectivity index (χ0v) is 14.8. The van der Waals surface area contributed by atoms with Gasteiger partial charge in [-0.05, 0) is 31.2 Å². The maximum Gasteiger partial charge on any atom is 0.247 e. The first kappa shape index (κ1) is 16.5. The Kier molecular flexibility index (Phi) is 4.84. The predicted octanol–water partition coefficient (Wildman–Crippen LogP) is 3.84. The van der Waals surface area contributed by atoms with Gasteiger partial charge >= 0.3 is 0 Å². The molecule has 0 bridgehead atoms. The minimum Gasteiger partial charge on any atom is -0.497 e. The Morgan fingerprint density at radius 2 is 1.88 bits per heavy atom. The smallest absolute Gasteiger partial charge is 0.247 e. The van der Waals surface area contributed by atoms with Crippen molar-refractivity contribution in [2.45, 2.75) is 37.1 Å². The lowest BCUT2D eigenvalue weighted by molar-refractivity contribution is 0.415. The van der Waals surface area contributed by atoms with Crippen molar-refractivity contribution >= 4 is 11.8 Å². The summed E-state index contributed by atoms with van der Waals surface area (Å²) >= 11 is 1.48. The van der Waals surface area contributed by atoms with Crippen LogP contribution in [-0.2, 0) is 0 Å². The molecule has 24 heavy (non-hydrogen) atoms. The van der Waals surface area contributed by atoms with Crippen LogP contribution in [0.5, 0.6) is 5.75 Å². The van der Waals surface area contributed by atoms with E-state index in [1.165, 1.54) is 11.8 Å². The molecule has 1 aromatic carbocycles. The summed E-state index contributed by atoms with van der Waals surface area (Å²) in [5.74, 6) is 2.99. The summed E-state index contributed by atoms with van der Waals surface area (Å²) in [6.07, 6.45) is 0. The van der Waals surface area contributed by atoms with Gasteiger partial charge in [0.2, 0.25) is 16.9 Å². The second-order valence-corrected chi connectivity index (χ2v) is 6.90. The van der Waals surface area contributed by atoms with Crippen LogP contribution < -0.4 is 4.74 Å². The molecule has 1 N–H and O–H groups in total. The molecule has 0 spiro atoms. The number of methoxy groups -OCH3 is 1. The Labute approximate surface area is 144 Å². The molecule has 3 rings (SSSR count). The molecule has 2 heterocycles. The molecule has 0 unspecified atom stereocenters. The van der Waals surface area contributed by atoms with E-state index in [1.54, 1.807) is 7.11 Å². The molecular formula is C16H19N5O2S. The summed E-state index contributed by atoms with van der Waals surface area (Å²) in [6.45, 7) is 6.12. The van der Waals surface area contributed by atoms with E-state index in [0.29, 0.717) is 22.9 Å². The van der Waals surface area contributed by atoms with Crippen LogP contribution in [0.2, 0.25) is 0 Å². The van der Waals surface area contributed by atoms with Gasteiger partial charge in [0.1, 0.15) is 11.6 Å². The standard InChI is InChI=1S/C16H19N5O2S/c1-9(2)13-17-16(21-18-13)24-10(3)14-19-20-15(23-14)11-5-7-12(22-4)8-6-11/h5-10H,1-4H3,(H,17,18,21)/t10-/m0/s1. The predicted molar refractivity (Wildman–Crippen MR) is 91.0 cm³/mol. The molecule has 0 saturated carbocycles. The zero-order chi connectivity index (χ0) is 17.1. The number of rotatable bonds is 6. The number of hydrogen-bond donors (Lipinski definition) is 1. The van der Waals surface area contributed by atoms with Crippen molar-refractivity contribution in [2.75, 3.05) is 7.11 Å². The van der Waals surface area contributed by atoms with E-state index >= 15 is 0 Å². The molecule has 2 aromatic heterocycles. The van der Waals surface area contributed by atoms with Crippen LogP contribution in [0.4, 0.5) is 0 Å². The number of nitrogens with zero attached hydrogens (tertiary/aromatic N) is 4. The molecule has 1 atom stereocenters. The van der Waals surface area contributed by atoms with Crippen LogP contribution in [0.1, 0.15) is 43.7 Å². The average molecular weight is 345 g/mol. The molecule has 7 nitrogen and oxygen atoms in total. The fourth-order valence-electron chi connectivity index (χ4n) is 2.03. The second-order valence-electron chi connectivity index (χ2n) is 5.59. The van der Waals surface area contributed by atoms with E-state index < -0.39 is 0 Å². The highest BCUT2D eigenvalue weighted by Crippen LogP contribution is 2.33. The van der Waals surface area contributed by atoms with Gasteiger partial charge < -0.3 is 9.15 Å². The molecule has 0 radical (unpaired) electrons. The number of aromatic nitrogens is 5. The van der Waals surface area contributed by atoms with Crippen LogP contribution in [0.25, 0.3) is 11.5 Å². The Morgan fingerprint density at radius 3 is 2.50 bits per heavy atom. The lowest BCUT2D eigenvalue weighted by Crippen LogP contribution is -1.91. The van der Waals surface area contributed by atoms with Crippen LogP contribution in [0.3, 0.4) is 0 Å². The van der Waals surface area contributed by atoms with Crippen molar-refractivity contribution in [2.24, 2.45) is 0 Å². The Hall–Kier alpha value is -2.35. The maximum absolute atomic E-state index is 5.78. The summed E-state index contributed by atoms with van der Waals surface area (Å²) in [5.41, 5.74) is 0.853. The quantitative estimate of drug-likeness (QED) is 0.679. The number of ether oxygens (including phenoxy) is 1. The lowest BCUT2D eigenvalue weighted by Gasteiger charge is -2.02. The molecule has 8 heteroatoms. The fourth-order valence-corrected chi connectivity index (χ4v) is 2.79. The Balaban J connectivity index is 1.71. The lowest BCUT2D eigenvalue weighted by atomic mass is 10.2. The van der Waals surface area contributed by atoms with E-state index in [9.17, 15) is 0 Å². The highest BCUT2D eigenvalue weighted by molar-refractivity contribution is 7.99. The Morgan fingerprint density at radius 1 is 1.12 bits per heavy atom. The zero-order valence-electron chi connectivity index (χ0n) is 14.0. The monoisotopic (exact) mass is 345 g/mol. The van der Waals surface area contributed by atoms with Crippen molar-refractivity contribution < 1.29 is 9.15 Å². The van der Waals surface area contributed by atoms with Crippen LogP contribution in [-0.4, -0.2) is 32.5 Å². The topological polar surface area (TPSA) is 89.7 Å². The normalized spacial score (nSPS) is 12.5. The fraction of sp³-hybridized carbons (Fsp3) is 0.375. The highest BCUT2D eigenvalue weighted by atomic mass is 32.2. The summed E-state index contributed by atoms with van der Waals surface area (Å²) in [7, 11) is 1.63. The molecular weight excluding hydrogens is 326 g/mol. The number of nitrogens with one attached hydrogen (secondary N) is 1. The van der Waals surface area contributed by atoms with Gasteiger partial charge in [0.05, 0.1) is 12.4 Å². The third kappa shape index (κ3) is 3.59. The first-order valence-electron chi connectivity index (χ1n) is 7.63. The van der Waals surface area contributed by atoms with E-state index in [4.69, 9.17) is 9.15 Å². The summed E-state index contributed by atoms with van der Waals surface area (Å²) in [6, 6.07) is 7.49. The first-order valence-corrected chi connectivity index (χ1v) is 8.51. The second kappa shape index (κ2) is 7.04. The van der Waals surface area contributed by atoms with Crippen molar-refractivity contribution in [1.29, 1.82) is 0 Å². The number of benzene rings is 1. The van der Waals surface area contributed by atoms with Gasteiger partial charge in [0.25, 0.3) is 0 Å². The molecule has 0 aliphatic rings. The van der Waals surface area contributed by atoms with E-state index in [-0.39, 0.29) is 5.25 Å². The summed E-state index contributed by atoms with van der Waals surface area (Å²) < 4.78 is 10.9. The number of H-pyrrole nitrogens is 1. The first-order chi connectivity index (χ1) is 11.6. The van der Waals surface area contributed by atoms with Crippen molar-refractivity contribution in [3.63, 3.8) is 0 Å². The van der Waals surface area contributed by atoms with E-state index in [2.05, 4.69) is 39.2 Å². The van der Waals surface area contributed by atoms with Gasteiger partial charge in [-0.3, -0.25) is 5.10 Å². The van der Waals surface area contributed by atoms with Crippen LogP contribution >= 0.6 is 11.8 Å². The summed E-state index contributed by atoms with van der Waals surface area (Å²) in [5, 5.41) is 16.0. The average Bonchev–Trinajstić information content (AvgIpc) is 3.24. The maximum atomic E-state index is 5.78. The van der Waals surface area contributed by atoms with Gasteiger partial charge in [-0.25, -0.2) is 4.98 Å². The van der Waals surface area contributed by atoms with Gasteiger partial charge in [0, 0.05) is 11.5 Å². The van der Waals surface area contributed by atoms with E-state index in [0.717, 1.165) is 17.1 Å². The third-order valence-corrected chi connectivity index (χ3v) is 4.39. The Bertz CT molecular complexity index is 797. The number of hydrogen-bond acceptors (Lipinski definition) is 7. The van der Waals surface area contributed by atoms with E-state index in [1.807, 2.05) is 31.2 Å². The molecule has 0 amide bonds. The SMILES string of the molecule is COc1ccc(-c2nnc([C@H](C)Sc3n[nH]c(C(C)C)n3)o2)cc1. The minimum atomic E-state index is -0.0414. The number of aromatic amines is 1. The van der Waals surface area contributed by atoms with Gasteiger partial charge in [-0.1, -0.05) is 25.6 Å². The highest BCUT2D eigenvalue weighted by Gasteiger charge is 2.19. The molecule has 0 aliphatic carbocycles. The van der Waals surface area contributed by atoms with Gasteiger partial charge in [-0.2, -0.15) is 0 Å². The van der Waals surface area contributed by atoms with Crippen LogP contribution in [0.15, 0.2) is 33.8 Å².